The standard InChI is InChI=1S/C17H16N2O2/c1-11-4-3-5-12(8-11)16-17(19-10-18-16)13-6-7-14(20)15(9-13)21-2/h3-10,20H,1-2H3,(H,18,19). The highest BCUT2D eigenvalue weighted by Crippen LogP contribution is 2.34. The van der Waals surface area contributed by atoms with Crippen molar-refractivity contribution in [2.75, 3.05) is 7.11 Å². The van der Waals surface area contributed by atoms with Crippen molar-refractivity contribution < 1.29 is 9.84 Å². The van der Waals surface area contributed by atoms with Gasteiger partial charge in [0.15, 0.2) is 11.5 Å². The van der Waals surface area contributed by atoms with E-state index < -0.39 is 0 Å². The Morgan fingerprint density at radius 2 is 1.95 bits per heavy atom. The first-order valence-electron chi connectivity index (χ1n) is 6.67. The van der Waals surface area contributed by atoms with E-state index in [2.05, 4.69) is 29.0 Å². The van der Waals surface area contributed by atoms with E-state index in [0.717, 1.165) is 22.5 Å². The minimum absolute atomic E-state index is 0.123. The van der Waals surface area contributed by atoms with E-state index in [-0.39, 0.29) is 5.75 Å². The molecule has 2 aromatic carbocycles. The molecule has 0 radical (unpaired) electrons. The molecule has 0 aliphatic heterocycles. The molecule has 0 unspecified atom stereocenters. The summed E-state index contributed by atoms with van der Waals surface area (Å²) in [4.78, 5) is 7.59. The van der Waals surface area contributed by atoms with Crippen LogP contribution in [0, 0.1) is 6.92 Å². The lowest BCUT2D eigenvalue weighted by atomic mass is 10.0. The van der Waals surface area contributed by atoms with Gasteiger partial charge in [0.25, 0.3) is 0 Å². The molecular weight excluding hydrogens is 264 g/mol. The lowest BCUT2D eigenvalue weighted by molar-refractivity contribution is 0.373. The van der Waals surface area contributed by atoms with Crippen LogP contribution in [0.4, 0.5) is 0 Å². The molecular formula is C17H16N2O2. The largest absolute Gasteiger partial charge is 0.504 e. The number of nitrogens with one attached hydrogen (secondary N) is 1. The van der Waals surface area contributed by atoms with Gasteiger partial charge < -0.3 is 14.8 Å². The number of aromatic amines is 1. The number of imidazole rings is 1. The van der Waals surface area contributed by atoms with Crippen LogP contribution >= 0.6 is 0 Å². The van der Waals surface area contributed by atoms with Gasteiger partial charge in [0.05, 0.1) is 24.8 Å². The maximum Gasteiger partial charge on any atom is 0.161 e. The van der Waals surface area contributed by atoms with Gasteiger partial charge in [0, 0.05) is 11.1 Å². The number of ether oxygens (including phenoxy) is 1. The highest BCUT2D eigenvalue weighted by molar-refractivity contribution is 5.79. The second kappa shape index (κ2) is 5.32. The third kappa shape index (κ3) is 2.48. The summed E-state index contributed by atoms with van der Waals surface area (Å²) in [5.74, 6) is 0.565. The number of H-pyrrole nitrogens is 1. The Hall–Kier alpha value is -2.75. The molecule has 0 fully saturated rings. The first kappa shape index (κ1) is 13.2. The highest BCUT2D eigenvalue weighted by atomic mass is 16.5. The molecule has 0 aliphatic carbocycles. The van der Waals surface area contributed by atoms with Gasteiger partial charge in [-0.3, -0.25) is 0 Å². The molecule has 4 heteroatoms. The Labute approximate surface area is 123 Å². The minimum Gasteiger partial charge on any atom is -0.504 e. The predicted octanol–water partition coefficient (Wildman–Crippen LogP) is 3.77. The monoisotopic (exact) mass is 280 g/mol. The van der Waals surface area contributed by atoms with Crippen molar-refractivity contribution in [3.8, 4) is 34.0 Å². The molecule has 0 atom stereocenters. The molecule has 21 heavy (non-hydrogen) atoms. The van der Waals surface area contributed by atoms with Crippen molar-refractivity contribution in [3.05, 3.63) is 54.4 Å². The molecule has 0 spiro atoms. The van der Waals surface area contributed by atoms with Crippen LogP contribution in [0.2, 0.25) is 0 Å². The first-order chi connectivity index (χ1) is 10.2. The van der Waals surface area contributed by atoms with Crippen LogP contribution in [0.25, 0.3) is 22.5 Å². The van der Waals surface area contributed by atoms with Crippen molar-refractivity contribution in [1.82, 2.24) is 9.97 Å². The SMILES string of the molecule is COc1cc(-c2[nH]cnc2-c2cccc(C)c2)ccc1O. The van der Waals surface area contributed by atoms with Crippen molar-refractivity contribution in [2.24, 2.45) is 0 Å². The Bertz CT molecular complexity index is 778. The lowest BCUT2D eigenvalue weighted by Crippen LogP contribution is -1.88. The average Bonchev–Trinajstić information content (AvgIpc) is 2.97. The second-order valence-electron chi connectivity index (χ2n) is 4.88. The van der Waals surface area contributed by atoms with Gasteiger partial charge >= 0.3 is 0 Å². The van der Waals surface area contributed by atoms with Crippen LogP contribution in [0.15, 0.2) is 48.8 Å². The molecule has 4 nitrogen and oxygen atoms in total. The maximum atomic E-state index is 9.70. The summed E-state index contributed by atoms with van der Waals surface area (Å²) in [6.07, 6.45) is 1.67. The van der Waals surface area contributed by atoms with Gasteiger partial charge in [-0.1, -0.05) is 23.8 Å². The predicted molar refractivity (Wildman–Crippen MR) is 82.4 cm³/mol. The van der Waals surface area contributed by atoms with Crippen molar-refractivity contribution in [1.29, 1.82) is 0 Å². The Kier molecular flexibility index (Phi) is 3.36. The van der Waals surface area contributed by atoms with E-state index in [0.29, 0.717) is 5.75 Å². The van der Waals surface area contributed by atoms with Gasteiger partial charge in [-0.15, -0.1) is 0 Å². The highest BCUT2D eigenvalue weighted by Gasteiger charge is 2.12. The van der Waals surface area contributed by atoms with E-state index in [9.17, 15) is 5.11 Å². The number of aryl methyl sites for hydroxylation is 1. The quantitative estimate of drug-likeness (QED) is 0.768. The van der Waals surface area contributed by atoms with E-state index in [1.165, 1.54) is 12.7 Å². The Morgan fingerprint density at radius 1 is 1.10 bits per heavy atom. The average molecular weight is 280 g/mol. The summed E-state index contributed by atoms with van der Waals surface area (Å²) in [6, 6.07) is 13.4. The summed E-state index contributed by atoms with van der Waals surface area (Å²) in [5.41, 5.74) is 4.94. The number of hydrogen-bond acceptors (Lipinski definition) is 3. The number of hydrogen-bond donors (Lipinski definition) is 2. The van der Waals surface area contributed by atoms with Gasteiger partial charge in [0.2, 0.25) is 0 Å². The number of nitrogens with zero attached hydrogens (tertiary/aromatic N) is 1. The van der Waals surface area contributed by atoms with E-state index in [1.807, 2.05) is 18.2 Å². The zero-order valence-electron chi connectivity index (χ0n) is 11.9. The normalized spacial score (nSPS) is 10.6. The van der Waals surface area contributed by atoms with Crippen molar-refractivity contribution >= 4 is 0 Å². The molecule has 3 rings (SSSR count). The fraction of sp³-hybridized carbons (Fsp3) is 0.118. The van der Waals surface area contributed by atoms with Gasteiger partial charge in [-0.2, -0.15) is 0 Å². The van der Waals surface area contributed by atoms with Gasteiger partial charge in [-0.05, 0) is 31.2 Å². The first-order valence-corrected chi connectivity index (χ1v) is 6.67. The fourth-order valence-electron chi connectivity index (χ4n) is 2.36. The van der Waals surface area contributed by atoms with Crippen LogP contribution in [0.5, 0.6) is 11.5 Å². The molecule has 0 saturated heterocycles. The number of phenols is 1. The molecule has 0 bridgehead atoms. The van der Waals surface area contributed by atoms with Crippen LogP contribution < -0.4 is 4.74 Å². The molecule has 3 aromatic rings. The Morgan fingerprint density at radius 3 is 2.71 bits per heavy atom. The molecule has 2 N–H and O–H groups in total. The topological polar surface area (TPSA) is 58.1 Å². The summed E-state index contributed by atoms with van der Waals surface area (Å²) >= 11 is 0. The number of benzene rings is 2. The summed E-state index contributed by atoms with van der Waals surface area (Å²) < 4.78 is 5.16. The zero-order valence-corrected chi connectivity index (χ0v) is 11.9. The second-order valence-corrected chi connectivity index (χ2v) is 4.88. The zero-order chi connectivity index (χ0) is 14.8. The number of rotatable bonds is 3. The molecule has 0 saturated carbocycles. The summed E-state index contributed by atoms with van der Waals surface area (Å²) in [6.45, 7) is 2.05. The molecule has 1 aromatic heterocycles. The van der Waals surface area contributed by atoms with Crippen LogP contribution in [0.3, 0.4) is 0 Å². The Balaban J connectivity index is 2.11. The summed E-state index contributed by atoms with van der Waals surface area (Å²) in [7, 11) is 1.53. The third-order valence-electron chi connectivity index (χ3n) is 3.40. The van der Waals surface area contributed by atoms with E-state index >= 15 is 0 Å². The minimum atomic E-state index is 0.123. The molecule has 0 amide bonds. The molecule has 0 aliphatic rings. The number of aromatic hydroxyl groups is 1. The van der Waals surface area contributed by atoms with E-state index in [4.69, 9.17) is 4.74 Å². The lowest BCUT2D eigenvalue weighted by Gasteiger charge is -2.07. The number of aromatic nitrogens is 2. The van der Waals surface area contributed by atoms with Crippen molar-refractivity contribution in [2.45, 2.75) is 6.92 Å². The van der Waals surface area contributed by atoms with Crippen LogP contribution in [-0.2, 0) is 0 Å². The summed E-state index contributed by atoms with van der Waals surface area (Å²) in [5, 5.41) is 9.70. The smallest absolute Gasteiger partial charge is 0.161 e. The fourth-order valence-corrected chi connectivity index (χ4v) is 2.36. The van der Waals surface area contributed by atoms with Crippen LogP contribution in [0.1, 0.15) is 5.56 Å². The third-order valence-corrected chi connectivity index (χ3v) is 3.40. The molecule has 106 valence electrons. The van der Waals surface area contributed by atoms with E-state index in [1.54, 1.807) is 18.5 Å². The molecule has 1 heterocycles. The number of methoxy groups -OCH3 is 1. The number of phenolic OH excluding ortho intramolecular Hbond substituents is 1. The van der Waals surface area contributed by atoms with Gasteiger partial charge in [-0.25, -0.2) is 4.98 Å². The van der Waals surface area contributed by atoms with Crippen molar-refractivity contribution in [3.63, 3.8) is 0 Å². The maximum absolute atomic E-state index is 9.70. The van der Waals surface area contributed by atoms with Crippen LogP contribution in [-0.4, -0.2) is 22.2 Å². The van der Waals surface area contributed by atoms with Gasteiger partial charge in [0.1, 0.15) is 0 Å².